The second kappa shape index (κ2) is 4.60. The van der Waals surface area contributed by atoms with Gasteiger partial charge in [-0.3, -0.25) is 0 Å². The van der Waals surface area contributed by atoms with E-state index in [4.69, 9.17) is 0 Å². The van der Waals surface area contributed by atoms with Crippen molar-refractivity contribution in [1.29, 1.82) is 0 Å². The van der Waals surface area contributed by atoms with Gasteiger partial charge in [-0.1, -0.05) is 0 Å². The molecule has 0 spiro atoms. The Morgan fingerprint density at radius 3 is 2.76 bits per heavy atom. The average Bonchev–Trinajstić information content (AvgIpc) is 2.26. The van der Waals surface area contributed by atoms with Crippen LogP contribution in [-0.4, -0.2) is 22.7 Å². The van der Waals surface area contributed by atoms with Crippen LogP contribution in [0.5, 0.6) is 0 Å². The van der Waals surface area contributed by atoms with Gasteiger partial charge in [0, 0.05) is 37.2 Å². The van der Waals surface area contributed by atoms with E-state index in [1.165, 1.54) is 0 Å². The average molecular weight is 245 g/mol. The minimum Gasteiger partial charge on any atom is -0.312 e. The monoisotopic (exact) mass is 245 g/mol. The molecule has 1 aromatic rings. The van der Waals surface area contributed by atoms with Gasteiger partial charge in [0.2, 0.25) is 0 Å². The molecule has 3 nitrogen and oxygen atoms in total. The highest BCUT2D eigenvalue weighted by Crippen LogP contribution is 2.22. The molecular weight excluding hydrogens is 231 g/mol. The molecule has 17 heavy (non-hydrogen) atoms. The van der Waals surface area contributed by atoms with E-state index < -0.39 is 12.6 Å². The van der Waals surface area contributed by atoms with E-state index in [0.717, 1.165) is 29.9 Å². The van der Waals surface area contributed by atoms with E-state index in [0.29, 0.717) is 12.4 Å². The number of fused-ring (bicyclic) bond motifs is 1. The van der Waals surface area contributed by atoms with Crippen LogP contribution in [-0.2, 0) is 19.4 Å². The standard InChI is InChI=1S/C11H14F3N3/c1-7-8-6-15-5-3-9(8)17-10(16-7)2-4-11(12,13)14/h15H,2-6H2,1H3. The van der Waals surface area contributed by atoms with E-state index in [-0.39, 0.29) is 6.42 Å². The van der Waals surface area contributed by atoms with Gasteiger partial charge in [-0.05, 0) is 6.92 Å². The van der Waals surface area contributed by atoms with Gasteiger partial charge in [-0.15, -0.1) is 0 Å². The highest BCUT2D eigenvalue weighted by atomic mass is 19.4. The van der Waals surface area contributed by atoms with E-state index in [1.54, 1.807) is 0 Å². The fourth-order valence-electron chi connectivity index (χ4n) is 1.94. The second-order valence-corrected chi connectivity index (χ2v) is 4.19. The van der Waals surface area contributed by atoms with Gasteiger partial charge in [0.25, 0.3) is 0 Å². The Morgan fingerprint density at radius 2 is 2.06 bits per heavy atom. The number of aryl methyl sites for hydroxylation is 2. The number of hydrogen-bond acceptors (Lipinski definition) is 3. The zero-order valence-corrected chi connectivity index (χ0v) is 9.56. The van der Waals surface area contributed by atoms with Gasteiger partial charge in [0.1, 0.15) is 5.82 Å². The highest BCUT2D eigenvalue weighted by molar-refractivity contribution is 5.27. The Kier molecular flexibility index (Phi) is 3.33. The molecule has 0 atom stereocenters. The summed E-state index contributed by atoms with van der Waals surface area (Å²) in [6.07, 6.45) is -4.37. The molecule has 0 amide bonds. The number of hydrogen-bond donors (Lipinski definition) is 1. The third-order valence-corrected chi connectivity index (χ3v) is 2.82. The molecule has 1 N–H and O–H groups in total. The Balaban J connectivity index is 2.16. The van der Waals surface area contributed by atoms with Crippen molar-refractivity contribution in [1.82, 2.24) is 15.3 Å². The topological polar surface area (TPSA) is 37.8 Å². The summed E-state index contributed by atoms with van der Waals surface area (Å²) < 4.78 is 36.3. The number of nitrogens with zero attached hydrogens (tertiary/aromatic N) is 2. The quantitative estimate of drug-likeness (QED) is 0.865. The molecule has 1 aliphatic heterocycles. The van der Waals surface area contributed by atoms with Crippen LogP contribution in [0.3, 0.4) is 0 Å². The second-order valence-electron chi connectivity index (χ2n) is 4.19. The summed E-state index contributed by atoms with van der Waals surface area (Å²) in [5.41, 5.74) is 2.72. The first-order chi connectivity index (χ1) is 7.96. The van der Waals surface area contributed by atoms with Crippen LogP contribution in [0.2, 0.25) is 0 Å². The maximum atomic E-state index is 12.1. The predicted molar refractivity (Wildman–Crippen MR) is 56.6 cm³/mol. The maximum Gasteiger partial charge on any atom is 0.389 e. The molecule has 0 fully saturated rings. The fraction of sp³-hybridized carbons (Fsp3) is 0.636. The van der Waals surface area contributed by atoms with Crippen LogP contribution in [0.15, 0.2) is 0 Å². The van der Waals surface area contributed by atoms with Crippen molar-refractivity contribution in [2.75, 3.05) is 6.54 Å². The zero-order valence-electron chi connectivity index (χ0n) is 9.56. The largest absolute Gasteiger partial charge is 0.389 e. The highest BCUT2D eigenvalue weighted by Gasteiger charge is 2.27. The number of nitrogens with one attached hydrogen (secondary N) is 1. The third-order valence-electron chi connectivity index (χ3n) is 2.82. The van der Waals surface area contributed by atoms with Crippen molar-refractivity contribution in [3.8, 4) is 0 Å². The third kappa shape index (κ3) is 3.15. The SMILES string of the molecule is Cc1nc(CCC(F)(F)F)nc2c1CNCC2. The normalized spacial score (nSPS) is 15.8. The Bertz CT molecular complexity index is 415. The van der Waals surface area contributed by atoms with Crippen molar-refractivity contribution in [3.63, 3.8) is 0 Å². The van der Waals surface area contributed by atoms with Gasteiger partial charge in [-0.25, -0.2) is 9.97 Å². The van der Waals surface area contributed by atoms with Gasteiger partial charge in [0.15, 0.2) is 0 Å². The van der Waals surface area contributed by atoms with Crippen LogP contribution in [0.25, 0.3) is 0 Å². The van der Waals surface area contributed by atoms with Gasteiger partial charge < -0.3 is 5.32 Å². The predicted octanol–water partition coefficient (Wildman–Crippen LogP) is 1.93. The molecule has 1 aromatic heterocycles. The van der Waals surface area contributed by atoms with E-state index in [2.05, 4.69) is 15.3 Å². The molecule has 0 saturated heterocycles. The van der Waals surface area contributed by atoms with Crippen molar-refractivity contribution in [3.05, 3.63) is 22.8 Å². The summed E-state index contributed by atoms with van der Waals surface area (Å²) in [6, 6.07) is 0. The first-order valence-electron chi connectivity index (χ1n) is 5.58. The van der Waals surface area contributed by atoms with E-state index in [9.17, 15) is 13.2 Å². The van der Waals surface area contributed by atoms with Crippen LogP contribution in [0, 0.1) is 6.92 Å². The van der Waals surface area contributed by atoms with Crippen LogP contribution in [0.1, 0.15) is 29.2 Å². The van der Waals surface area contributed by atoms with Crippen molar-refractivity contribution in [2.45, 2.75) is 38.9 Å². The number of rotatable bonds is 2. The zero-order chi connectivity index (χ0) is 12.5. The molecule has 1 aliphatic rings. The molecule has 2 rings (SSSR count). The molecule has 2 heterocycles. The first kappa shape index (κ1) is 12.3. The van der Waals surface area contributed by atoms with Crippen molar-refractivity contribution < 1.29 is 13.2 Å². The van der Waals surface area contributed by atoms with E-state index >= 15 is 0 Å². The Hall–Kier alpha value is -1.17. The lowest BCUT2D eigenvalue weighted by Gasteiger charge is -2.18. The van der Waals surface area contributed by atoms with E-state index in [1.807, 2.05) is 6.92 Å². The summed E-state index contributed by atoms with van der Waals surface area (Å²) in [7, 11) is 0. The fourth-order valence-corrected chi connectivity index (χ4v) is 1.94. The first-order valence-corrected chi connectivity index (χ1v) is 5.58. The van der Waals surface area contributed by atoms with Gasteiger partial charge >= 0.3 is 6.18 Å². The molecule has 0 saturated carbocycles. The van der Waals surface area contributed by atoms with Gasteiger partial charge in [-0.2, -0.15) is 13.2 Å². The Labute approximate surface area is 97.5 Å². The summed E-state index contributed by atoms with van der Waals surface area (Å²) in [5, 5.41) is 3.20. The molecule has 6 heteroatoms. The molecule has 0 unspecified atom stereocenters. The van der Waals surface area contributed by atoms with Gasteiger partial charge in [0.05, 0.1) is 12.1 Å². The molecule has 0 bridgehead atoms. The molecule has 0 aromatic carbocycles. The number of alkyl halides is 3. The summed E-state index contributed by atoms with van der Waals surface area (Å²) in [6.45, 7) is 3.35. The lowest BCUT2D eigenvalue weighted by molar-refractivity contribution is -0.134. The molecule has 0 aliphatic carbocycles. The number of aromatic nitrogens is 2. The Morgan fingerprint density at radius 1 is 1.29 bits per heavy atom. The maximum absolute atomic E-state index is 12.1. The molecule has 0 radical (unpaired) electrons. The minimum absolute atomic E-state index is 0.134. The molecular formula is C11H14F3N3. The number of halogens is 3. The van der Waals surface area contributed by atoms with Crippen LogP contribution in [0.4, 0.5) is 13.2 Å². The molecule has 94 valence electrons. The van der Waals surface area contributed by atoms with Crippen LogP contribution >= 0.6 is 0 Å². The summed E-state index contributed by atoms with van der Waals surface area (Å²) in [4.78, 5) is 8.36. The summed E-state index contributed by atoms with van der Waals surface area (Å²) in [5.74, 6) is 0.306. The lowest BCUT2D eigenvalue weighted by atomic mass is 10.1. The van der Waals surface area contributed by atoms with Crippen molar-refractivity contribution in [2.24, 2.45) is 0 Å². The lowest BCUT2D eigenvalue weighted by Crippen LogP contribution is -2.26. The smallest absolute Gasteiger partial charge is 0.312 e. The van der Waals surface area contributed by atoms with Crippen LogP contribution < -0.4 is 5.32 Å². The van der Waals surface area contributed by atoms with Crippen molar-refractivity contribution >= 4 is 0 Å². The summed E-state index contributed by atoms with van der Waals surface area (Å²) >= 11 is 0. The minimum atomic E-state index is -4.14.